The molecule has 3 N–H and O–H groups in total. The third-order valence-corrected chi connectivity index (χ3v) is 5.48. The van der Waals surface area contributed by atoms with Gasteiger partial charge in [0.2, 0.25) is 0 Å². The number of aromatic nitrogens is 3. The summed E-state index contributed by atoms with van der Waals surface area (Å²) in [5, 5.41) is 11.6. The topological polar surface area (TPSA) is 105 Å². The Hall–Kier alpha value is -2.66. The van der Waals surface area contributed by atoms with Crippen molar-refractivity contribution < 1.29 is 28.1 Å². The Labute approximate surface area is 170 Å². The van der Waals surface area contributed by atoms with Gasteiger partial charge in [0.25, 0.3) is 0 Å². The zero-order chi connectivity index (χ0) is 21.2. The van der Waals surface area contributed by atoms with Crippen molar-refractivity contribution in [3.05, 3.63) is 54.0 Å². The van der Waals surface area contributed by atoms with E-state index >= 15 is 0 Å². The van der Waals surface area contributed by atoms with E-state index in [1.165, 1.54) is 12.4 Å². The van der Waals surface area contributed by atoms with E-state index in [1.54, 1.807) is 30.7 Å². The van der Waals surface area contributed by atoms with Crippen LogP contribution in [0.5, 0.6) is 0 Å². The summed E-state index contributed by atoms with van der Waals surface area (Å²) in [6, 6.07) is 5.00. The van der Waals surface area contributed by atoms with Crippen molar-refractivity contribution in [2.24, 2.45) is 0 Å². The number of nitrogens with two attached hydrogens (primary N) is 1. The van der Waals surface area contributed by atoms with Crippen molar-refractivity contribution >= 4 is 16.9 Å². The Balaban J connectivity index is 1.54. The molecule has 4 heterocycles. The number of anilines is 1. The lowest BCUT2D eigenvalue weighted by atomic mass is 9.99. The summed E-state index contributed by atoms with van der Waals surface area (Å²) < 4.78 is 47.0. The first-order valence-electron chi connectivity index (χ1n) is 9.46. The molecule has 2 saturated heterocycles. The summed E-state index contributed by atoms with van der Waals surface area (Å²) in [4.78, 5) is 8.27. The smallest absolute Gasteiger partial charge is 0.164 e. The van der Waals surface area contributed by atoms with E-state index in [2.05, 4.69) is 9.97 Å². The maximum Gasteiger partial charge on any atom is 0.164 e. The van der Waals surface area contributed by atoms with Crippen molar-refractivity contribution in [2.75, 3.05) is 5.73 Å². The summed E-state index contributed by atoms with van der Waals surface area (Å²) in [7, 11) is 0. The van der Waals surface area contributed by atoms with Gasteiger partial charge in [-0.3, -0.25) is 0 Å². The first kappa shape index (κ1) is 19.3. The largest absolute Gasteiger partial charge is 0.386 e. The molecule has 0 aliphatic carbocycles. The number of ether oxygens (including phenoxy) is 3. The molecule has 0 saturated carbocycles. The fourth-order valence-electron chi connectivity index (χ4n) is 4.17. The van der Waals surface area contributed by atoms with E-state index in [9.17, 15) is 13.9 Å². The highest BCUT2D eigenvalue weighted by Crippen LogP contribution is 2.47. The molecule has 3 aromatic rings. The molecule has 1 aromatic carbocycles. The van der Waals surface area contributed by atoms with Crippen LogP contribution in [0, 0.1) is 11.6 Å². The van der Waals surface area contributed by atoms with Crippen LogP contribution < -0.4 is 5.73 Å². The Kier molecular flexibility index (Phi) is 4.30. The number of aliphatic hydroxyl groups is 1. The van der Waals surface area contributed by atoms with Crippen LogP contribution in [0.25, 0.3) is 11.0 Å². The van der Waals surface area contributed by atoms with E-state index in [0.717, 1.165) is 12.1 Å². The van der Waals surface area contributed by atoms with E-state index in [-0.39, 0.29) is 5.56 Å². The van der Waals surface area contributed by atoms with Crippen LogP contribution in [0.4, 0.5) is 14.6 Å². The minimum absolute atomic E-state index is 0.176. The SMILES string of the molecule is CC1(C)O[C@@H]2[C@H](O1)[C@@H](C(O)c1ccc(F)c(F)c1)O[C@H]2n1ccc2c(N)ncnc21. The lowest BCUT2D eigenvalue weighted by Gasteiger charge is -2.27. The van der Waals surface area contributed by atoms with Gasteiger partial charge in [0, 0.05) is 6.20 Å². The van der Waals surface area contributed by atoms with Gasteiger partial charge in [0.05, 0.1) is 5.39 Å². The summed E-state index contributed by atoms with van der Waals surface area (Å²) in [5.74, 6) is -2.63. The first-order valence-corrected chi connectivity index (χ1v) is 9.46. The molecule has 5 atom stereocenters. The molecule has 0 amide bonds. The molecule has 0 bridgehead atoms. The van der Waals surface area contributed by atoms with E-state index in [4.69, 9.17) is 19.9 Å². The second-order valence-electron chi connectivity index (χ2n) is 7.89. The number of halogens is 2. The Morgan fingerprint density at radius 2 is 1.90 bits per heavy atom. The van der Waals surface area contributed by atoms with E-state index < -0.39 is 48.1 Å². The predicted molar refractivity (Wildman–Crippen MR) is 101 cm³/mol. The maximum atomic E-state index is 13.7. The third kappa shape index (κ3) is 2.95. The number of nitrogens with zero attached hydrogens (tertiary/aromatic N) is 3. The molecule has 0 spiro atoms. The monoisotopic (exact) mass is 418 g/mol. The van der Waals surface area contributed by atoms with Gasteiger partial charge in [0.1, 0.15) is 42.2 Å². The molecular weight excluding hydrogens is 398 g/mol. The first-order chi connectivity index (χ1) is 14.2. The van der Waals surface area contributed by atoms with Gasteiger partial charge in [-0.05, 0) is 37.6 Å². The number of fused-ring (bicyclic) bond motifs is 2. The number of nitrogen functional groups attached to an aromatic ring is 1. The van der Waals surface area contributed by atoms with Crippen LogP contribution in [0.2, 0.25) is 0 Å². The lowest BCUT2D eigenvalue weighted by Crippen LogP contribution is -2.34. The molecule has 10 heteroatoms. The van der Waals surface area contributed by atoms with Gasteiger partial charge >= 0.3 is 0 Å². The maximum absolute atomic E-state index is 13.7. The summed E-state index contributed by atoms with van der Waals surface area (Å²) in [5.41, 5.74) is 6.65. The highest BCUT2D eigenvalue weighted by molar-refractivity contribution is 5.86. The van der Waals surface area contributed by atoms with Crippen LogP contribution in [0.1, 0.15) is 31.7 Å². The van der Waals surface area contributed by atoms with Crippen molar-refractivity contribution in [3.63, 3.8) is 0 Å². The Bertz CT molecular complexity index is 1120. The van der Waals surface area contributed by atoms with Gasteiger partial charge in [-0.1, -0.05) is 6.07 Å². The minimum Gasteiger partial charge on any atom is -0.386 e. The normalized spacial score (nSPS) is 28.7. The summed E-state index contributed by atoms with van der Waals surface area (Å²) in [6.07, 6.45) is -0.960. The van der Waals surface area contributed by atoms with Crippen LogP contribution in [-0.4, -0.2) is 43.7 Å². The van der Waals surface area contributed by atoms with Gasteiger partial charge in [0.15, 0.2) is 23.6 Å². The zero-order valence-electron chi connectivity index (χ0n) is 16.2. The fourth-order valence-corrected chi connectivity index (χ4v) is 4.17. The van der Waals surface area contributed by atoms with Gasteiger partial charge < -0.3 is 29.6 Å². The van der Waals surface area contributed by atoms with Crippen LogP contribution in [-0.2, 0) is 14.2 Å². The molecule has 0 radical (unpaired) electrons. The molecule has 2 aliphatic heterocycles. The average molecular weight is 418 g/mol. The zero-order valence-corrected chi connectivity index (χ0v) is 16.2. The standard InChI is InChI=1S/C20H20F2N4O4/c1-20(2)29-15-14(13(27)9-3-4-11(21)12(22)7-9)28-19(16(15)30-20)26-6-5-10-17(23)24-8-25-18(10)26/h3-8,13-16,19,27H,1-2H3,(H2,23,24,25)/t13?,14-,15-,16-,19-/m1/s1. The Morgan fingerprint density at radius 3 is 2.67 bits per heavy atom. The average Bonchev–Trinajstić information content (AvgIpc) is 3.34. The predicted octanol–water partition coefficient (Wildman–Crippen LogP) is 2.44. The highest BCUT2D eigenvalue weighted by Gasteiger charge is 2.58. The minimum atomic E-state index is -1.27. The van der Waals surface area contributed by atoms with Crippen LogP contribution in [0.3, 0.4) is 0 Å². The quantitative estimate of drug-likeness (QED) is 0.673. The van der Waals surface area contributed by atoms with Gasteiger partial charge in [-0.2, -0.15) is 0 Å². The fraction of sp³-hybridized carbons (Fsp3) is 0.400. The van der Waals surface area contributed by atoms with Crippen molar-refractivity contribution in [2.45, 2.75) is 50.3 Å². The van der Waals surface area contributed by atoms with Crippen molar-refractivity contribution in [1.82, 2.24) is 14.5 Å². The number of hydrogen-bond acceptors (Lipinski definition) is 7. The molecule has 1 unspecified atom stereocenters. The van der Waals surface area contributed by atoms with E-state index in [0.29, 0.717) is 16.9 Å². The summed E-state index contributed by atoms with van der Waals surface area (Å²) >= 11 is 0. The summed E-state index contributed by atoms with van der Waals surface area (Å²) in [6.45, 7) is 3.52. The molecule has 2 fully saturated rings. The second kappa shape index (κ2) is 6.67. The second-order valence-corrected chi connectivity index (χ2v) is 7.89. The number of rotatable bonds is 3. The molecule has 158 valence electrons. The molecular formula is C20H20F2N4O4. The molecule has 30 heavy (non-hydrogen) atoms. The van der Waals surface area contributed by atoms with Crippen LogP contribution >= 0.6 is 0 Å². The van der Waals surface area contributed by atoms with Crippen LogP contribution in [0.15, 0.2) is 36.8 Å². The molecule has 2 aromatic heterocycles. The third-order valence-electron chi connectivity index (χ3n) is 5.48. The number of benzene rings is 1. The highest BCUT2D eigenvalue weighted by atomic mass is 19.2. The number of hydrogen-bond donors (Lipinski definition) is 2. The Morgan fingerprint density at radius 1 is 1.13 bits per heavy atom. The van der Waals surface area contributed by atoms with Gasteiger partial charge in [-0.15, -0.1) is 0 Å². The van der Waals surface area contributed by atoms with E-state index in [1.807, 2.05) is 0 Å². The molecule has 2 aliphatic rings. The lowest BCUT2D eigenvalue weighted by molar-refractivity contribution is -0.207. The van der Waals surface area contributed by atoms with Crippen molar-refractivity contribution in [3.8, 4) is 0 Å². The molecule has 8 nitrogen and oxygen atoms in total. The molecule has 5 rings (SSSR count). The number of aliphatic hydroxyl groups excluding tert-OH is 1. The van der Waals surface area contributed by atoms with Crippen molar-refractivity contribution in [1.29, 1.82) is 0 Å². The van der Waals surface area contributed by atoms with Gasteiger partial charge in [-0.25, -0.2) is 18.7 Å².